The second-order valence-corrected chi connectivity index (χ2v) is 6.44. The van der Waals surface area contributed by atoms with Crippen molar-refractivity contribution in [3.63, 3.8) is 0 Å². The van der Waals surface area contributed by atoms with Gasteiger partial charge >= 0.3 is 0 Å². The van der Waals surface area contributed by atoms with Crippen molar-refractivity contribution in [2.75, 3.05) is 12.8 Å². The molecule has 0 fully saturated rings. The van der Waals surface area contributed by atoms with Crippen LogP contribution in [0, 0.1) is 0 Å². The Morgan fingerprint density at radius 2 is 1.88 bits per heavy atom. The highest BCUT2D eigenvalue weighted by Gasteiger charge is 2.15. The summed E-state index contributed by atoms with van der Waals surface area (Å²) < 4.78 is 2.04. The lowest BCUT2D eigenvalue weighted by molar-refractivity contribution is -0.118. The number of imidazole rings is 1. The van der Waals surface area contributed by atoms with Gasteiger partial charge in [-0.05, 0) is 24.3 Å². The van der Waals surface area contributed by atoms with Gasteiger partial charge in [0, 0.05) is 23.3 Å². The van der Waals surface area contributed by atoms with E-state index in [4.69, 9.17) is 11.6 Å². The zero-order valence-corrected chi connectivity index (χ0v) is 14.6. The molecule has 0 unspecified atom stereocenters. The molecule has 0 saturated carbocycles. The van der Waals surface area contributed by atoms with E-state index in [0.29, 0.717) is 10.8 Å². The van der Waals surface area contributed by atoms with Crippen LogP contribution in [-0.2, 0) is 4.79 Å². The van der Waals surface area contributed by atoms with E-state index in [9.17, 15) is 4.79 Å². The van der Waals surface area contributed by atoms with Crippen LogP contribution in [0.25, 0.3) is 16.9 Å². The average molecular weight is 358 g/mol. The quantitative estimate of drug-likeness (QED) is 0.701. The minimum atomic E-state index is -0.0353. The summed E-state index contributed by atoms with van der Waals surface area (Å²) in [6.07, 6.45) is 1.83. The molecular weight excluding hydrogens is 342 g/mol. The highest BCUT2D eigenvalue weighted by molar-refractivity contribution is 7.99. The van der Waals surface area contributed by atoms with Crippen LogP contribution in [0.3, 0.4) is 0 Å². The molecule has 2 aromatic carbocycles. The van der Waals surface area contributed by atoms with E-state index in [2.05, 4.69) is 10.3 Å². The maximum Gasteiger partial charge on any atom is 0.230 e. The Hall–Kier alpha value is -2.24. The summed E-state index contributed by atoms with van der Waals surface area (Å²) in [6.45, 7) is 0. The lowest BCUT2D eigenvalue weighted by Gasteiger charge is -2.12. The molecule has 0 saturated heterocycles. The predicted molar refractivity (Wildman–Crippen MR) is 98.8 cm³/mol. The van der Waals surface area contributed by atoms with Crippen molar-refractivity contribution < 1.29 is 4.79 Å². The average Bonchev–Trinajstić information content (AvgIpc) is 3.05. The van der Waals surface area contributed by atoms with Crippen molar-refractivity contribution in [1.82, 2.24) is 14.9 Å². The Balaban J connectivity index is 2.05. The first-order chi connectivity index (χ1) is 11.7. The highest BCUT2D eigenvalue weighted by Crippen LogP contribution is 2.30. The van der Waals surface area contributed by atoms with E-state index in [1.54, 1.807) is 7.05 Å². The summed E-state index contributed by atoms with van der Waals surface area (Å²) in [4.78, 5) is 16.1. The van der Waals surface area contributed by atoms with Gasteiger partial charge in [0.1, 0.15) is 0 Å². The first-order valence-electron chi connectivity index (χ1n) is 7.41. The maximum atomic E-state index is 11.6. The van der Waals surface area contributed by atoms with E-state index in [1.807, 2.05) is 65.4 Å². The third-order valence-electron chi connectivity index (χ3n) is 3.50. The van der Waals surface area contributed by atoms with Crippen LogP contribution in [0.4, 0.5) is 0 Å². The lowest BCUT2D eigenvalue weighted by atomic mass is 10.1. The SMILES string of the molecule is CNC(=O)CSc1ncc(-c2ccccc2)n1-c1ccc(Cl)cc1. The number of nitrogens with one attached hydrogen (secondary N) is 1. The Morgan fingerprint density at radius 1 is 1.17 bits per heavy atom. The van der Waals surface area contributed by atoms with E-state index in [-0.39, 0.29) is 5.91 Å². The van der Waals surface area contributed by atoms with Crippen LogP contribution >= 0.6 is 23.4 Å². The minimum absolute atomic E-state index is 0.0353. The second-order valence-electron chi connectivity index (χ2n) is 5.07. The van der Waals surface area contributed by atoms with Crippen molar-refractivity contribution in [2.45, 2.75) is 5.16 Å². The summed E-state index contributed by atoms with van der Waals surface area (Å²) in [5, 5.41) is 4.07. The fourth-order valence-electron chi connectivity index (χ4n) is 2.29. The number of nitrogens with zero attached hydrogens (tertiary/aromatic N) is 2. The number of carbonyl (C=O) groups is 1. The fourth-order valence-corrected chi connectivity index (χ4v) is 3.28. The molecule has 1 aromatic heterocycles. The number of amides is 1. The molecule has 0 spiro atoms. The molecule has 4 nitrogen and oxygen atoms in total. The van der Waals surface area contributed by atoms with Crippen LogP contribution in [-0.4, -0.2) is 28.3 Å². The predicted octanol–water partition coefficient (Wildman–Crippen LogP) is 4.03. The van der Waals surface area contributed by atoms with Gasteiger partial charge in [-0.25, -0.2) is 4.98 Å². The smallest absolute Gasteiger partial charge is 0.230 e. The molecule has 1 N–H and O–H groups in total. The molecule has 3 aromatic rings. The van der Waals surface area contributed by atoms with E-state index >= 15 is 0 Å². The van der Waals surface area contributed by atoms with Crippen molar-refractivity contribution in [3.05, 3.63) is 65.8 Å². The molecule has 1 amide bonds. The normalized spacial score (nSPS) is 10.6. The van der Waals surface area contributed by atoms with Gasteiger partial charge in [-0.15, -0.1) is 0 Å². The molecule has 0 bridgehead atoms. The summed E-state index contributed by atoms with van der Waals surface area (Å²) in [5.74, 6) is 0.280. The Bertz CT molecular complexity index is 831. The van der Waals surface area contributed by atoms with Gasteiger partial charge in [0.25, 0.3) is 0 Å². The third-order valence-corrected chi connectivity index (χ3v) is 4.70. The van der Waals surface area contributed by atoms with Gasteiger partial charge in [-0.1, -0.05) is 53.7 Å². The number of hydrogen-bond donors (Lipinski definition) is 1. The summed E-state index contributed by atoms with van der Waals surface area (Å²) >= 11 is 7.41. The number of thioether (sulfide) groups is 1. The highest BCUT2D eigenvalue weighted by atomic mass is 35.5. The summed E-state index contributed by atoms with van der Waals surface area (Å²) in [6, 6.07) is 17.6. The molecule has 6 heteroatoms. The van der Waals surface area contributed by atoms with Crippen LogP contribution in [0.5, 0.6) is 0 Å². The van der Waals surface area contributed by atoms with Crippen molar-refractivity contribution in [1.29, 1.82) is 0 Å². The van der Waals surface area contributed by atoms with Gasteiger partial charge in [0.2, 0.25) is 5.91 Å². The molecule has 0 aliphatic rings. The standard InChI is InChI=1S/C18H16ClN3OS/c1-20-17(23)12-24-18-21-11-16(13-5-3-2-4-6-13)22(18)15-9-7-14(19)8-10-15/h2-11H,12H2,1H3,(H,20,23). The Kier molecular flexibility index (Phi) is 5.23. The number of hydrogen-bond acceptors (Lipinski definition) is 3. The molecular formula is C18H16ClN3OS. The molecule has 24 heavy (non-hydrogen) atoms. The Labute approximate surface area is 149 Å². The number of rotatable bonds is 5. The monoisotopic (exact) mass is 357 g/mol. The second kappa shape index (κ2) is 7.55. The van der Waals surface area contributed by atoms with Gasteiger partial charge in [-0.3, -0.25) is 9.36 Å². The minimum Gasteiger partial charge on any atom is -0.358 e. The summed E-state index contributed by atoms with van der Waals surface area (Å²) in [7, 11) is 1.63. The van der Waals surface area contributed by atoms with E-state index in [1.165, 1.54) is 11.8 Å². The van der Waals surface area contributed by atoms with Crippen molar-refractivity contribution >= 4 is 29.3 Å². The molecule has 0 radical (unpaired) electrons. The third kappa shape index (κ3) is 3.63. The van der Waals surface area contributed by atoms with Crippen LogP contribution in [0.1, 0.15) is 0 Å². The van der Waals surface area contributed by atoms with E-state index < -0.39 is 0 Å². The summed E-state index contributed by atoms with van der Waals surface area (Å²) in [5.41, 5.74) is 2.99. The molecule has 0 aliphatic heterocycles. The Morgan fingerprint density at radius 3 is 2.54 bits per heavy atom. The topological polar surface area (TPSA) is 46.9 Å². The molecule has 0 aliphatic carbocycles. The van der Waals surface area contributed by atoms with Crippen molar-refractivity contribution in [3.8, 4) is 16.9 Å². The number of halogens is 1. The molecule has 0 atom stereocenters. The largest absolute Gasteiger partial charge is 0.358 e. The first-order valence-corrected chi connectivity index (χ1v) is 8.78. The fraction of sp³-hybridized carbons (Fsp3) is 0.111. The van der Waals surface area contributed by atoms with Crippen LogP contribution < -0.4 is 5.32 Å². The van der Waals surface area contributed by atoms with Crippen molar-refractivity contribution in [2.24, 2.45) is 0 Å². The van der Waals surface area contributed by atoms with Crippen LogP contribution in [0.15, 0.2) is 66.0 Å². The molecule has 1 heterocycles. The molecule has 122 valence electrons. The van der Waals surface area contributed by atoms with Gasteiger partial charge in [0.15, 0.2) is 5.16 Å². The lowest BCUT2D eigenvalue weighted by Crippen LogP contribution is -2.20. The molecule has 3 rings (SSSR count). The van der Waals surface area contributed by atoms with Crippen LogP contribution in [0.2, 0.25) is 5.02 Å². The first kappa shape index (κ1) is 16.6. The number of aromatic nitrogens is 2. The zero-order valence-electron chi connectivity index (χ0n) is 13.1. The zero-order chi connectivity index (χ0) is 16.9. The van der Waals surface area contributed by atoms with Gasteiger partial charge in [0.05, 0.1) is 17.6 Å². The van der Waals surface area contributed by atoms with Gasteiger partial charge < -0.3 is 5.32 Å². The maximum absolute atomic E-state index is 11.6. The number of carbonyl (C=O) groups excluding carboxylic acids is 1. The van der Waals surface area contributed by atoms with Gasteiger partial charge in [-0.2, -0.15) is 0 Å². The van der Waals surface area contributed by atoms with E-state index in [0.717, 1.165) is 22.1 Å². The number of benzene rings is 2.